The van der Waals surface area contributed by atoms with E-state index in [-0.39, 0.29) is 11.9 Å². The van der Waals surface area contributed by atoms with Crippen LogP contribution in [0.5, 0.6) is 5.75 Å². The summed E-state index contributed by atoms with van der Waals surface area (Å²) in [5.74, 6) is 1.03. The molecule has 1 atom stereocenters. The fourth-order valence-corrected chi connectivity index (χ4v) is 5.37. The number of rotatable bonds is 5. The van der Waals surface area contributed by atoms with Gasteiger partial charge in [0, 0.05) is 16.3 Å². The molecule has 4 rings (SSSR count). The van der Waals surface area contributed by atoms with Crippen molar-refractivity contribution in [2.24, 2.45) is 0 Å². The predicted molar refractivity (Wildman–Crippen MR) is 112 cm³/mol. The molecule has 27 heavy (non-hydrogen) atoms. The number of hydrogen-bond donors (Lipinski definition) is 0. The van der Waals surface area contributed by atoms with Gasteiger partial charge < -0.3 is 9.64 Å². The fraction of sp³-hybridized carbons (Fsp3) is 0.318. The third kappa shape index (κ3) is 3.66. The molecule has 5 heteroatoms. The van der Waals surface area contributed by atoms with Gasteiger partial charge in [-0.1, -0.05) is 18.2 Å². The van der Waals surface area contributed by atoms with Gasteiger partial charge in [-0.2, -0.15) is 0 Å². The zero-order valence-electron chi connectivity index (χ0n) is 15.6. The van der Waals surface area contributed by atoms with E-state index in [1.165, 1.54) is 20.9 Å². The highest BCUT2D eigenvalue weighted by Gasteiger charge is 2.33. The standard InChI is InChI=1S/C22H23NO2S2/c1-15-5-3-6-18(16(15)2)25-12-9-21(24)23-11-8-19-17(10-14-27-19)22(23)20-7-4-13-26-20/h3-7,10,13-14,22H,8-9,11-12H2,1-2H3. The molecule has 0 radical (unpaired) electrons. The van der Waals surface area contributed by atoms with Gasteiger partial charge in [-0.15, -0.1) is 22.7 Å². The number of benzene rings is 1. The molecule has 3 nitrogen and oxygen atoms in total. The Morgan fingerprint density at radius 3 is 2.85 bits per heavy atom. The number of nitrogens with zero attached hydrogens (tertiary/aromatic N) is 1. The van der Waals surface area contributed by atoms with E-state index in [4.69, 9.17) is 4.74 Å². The van der Waals surface area contributed by atoms with Crippen LogP contribution >= 0.6 is 22.7 Å². The van der Waals surface area contributed by atoms with Crippen molar-refractivity contribution in [1.82, 2.24) is 4.90 Å². The van der Waals surface area contributed by atoms with Gasteiger partial charge in [-0.3, -0.25) is 4.79 Å². The lowest BCUT2D eigenvalue weighted by atomic mass is 9.98. The second-order valence-corrected chi connectivity index (χ2v) is 8.83. The van der Waals surface area contributed by atoms with Gasteiger partial charge in [-0.05, 0) is 65.9 Å². The van der Waals surface area contributed by atoms with Gasteiger partial charge in [0.2, 0.25) is 5.91 Å². The molecule has 0 aliphatic carbocycles. The Kier molecular flexibility index (Phi) is 5.32. The smallest absolute Gasteiger partial charge is 0.226 e. The molecule has 3 aromatic rings. The normalized spacial score (nSPS) is 16.2. The van der Waals surface area contributed by atoms with E-state index in [1.807, 2.05) is 17.0 Å². The lowest BCUT2D eigenvalue weighted by Crippen LogP contribution is -2.40. The molecule has 0 bridgehead atoms. The van der Waals surface area contributed by atoms with Gasteiger partial charge in [0.15, 0.2) is 0 Å². The predicted octanol–water partition coefficient (Wildman–Crippen LogP) is 5.37. The second-order valence-electron chi connectivity index (χ2n) is 6.85. The fourth-order valence-electron chi connectivity index (χ4n) is 3.61. The largest absolute Gasteiger partial charge is 0.493 e. The molecule has 1 aliphatic rings. The van der Waals surface area contributed by atoms with Crippen LogP contribution in [0.15, 0.2) is 47.2 Å². The monoisotopic (exact) mass is 397 g/mol. The molecule has 0 spiro atoms. The van der Waals surface area contributed by atoms with E-state index in [9.17, 15) is 4.79 Å². The number of carbonyl (C=O) groups excluding carboxylic acids is 1. The summed E-state index contributed by atoms with van der Waals surface area (Å²) in [4.78, 5) is 17.7. The highest BCUT2D eigenvalue weighted by atomic mass is 32.1. The lowest BCUT2D eigenvalue weighted by Gasteiger charge is -2.35. The van der Waals surface area contributed by atoms with Crippen LogP contribution in [-0.4, -0.2) is 24.0 Å². The third-order valence-corrected chi connectivity index (χ3v) is 7.15. The number of amides is 1. The molecule has 0 saturated heterocycles. The van der Waals surface area contributed by atoms with Crippen molar-refractivity contribution in [2.75, 3.05) is 13.2 Å². The van der Waals surface area contributed by atoms with Gasteiger partial charge in [0.05, 0.1) is 19.1 Å². The first kappa shape index (κ1) is 18.3. The SMILES string of the molecule is Cc1cccc(OCCC(=O)N2CCc3sccc3C2c2cccs2)c1C. The Morgan fingerprint density at radius 1 is 1.15 bits per heavy atom. The van der Waals surface area contributed by atoms with E-state index in [2.05, 4.69) is 48.9 Å². The lowest BCUT2D eigenvalue weighted by molar-refractivity contribution is -0.133. The second kappa shape index (κ2) is 7.87. The van der Waals surface area contributed by atoms with Crippen molar-refractivity contribution >= 4 is 28.6 Å². The van der Waals surface area contributed by atoms with Crippen molar-refractivity contribution < 1.29 is 9.53 Å². The molecule has 0 N–H and O–H groups in total. The Labute approximate surface area is 168 Å². The van der Waals surface area contributed by atoms with Crippen LogP contribution in [0.25, 0.3) is 0 Å². The number of carbonyl (C=O) groups is 1. The van der Waals surface area contributed by atoms with E-state index in [0.29, 0.717) is 13.0 Å². The maximum atomic E-state index is 13.0. The van der Waals surface area contributed by atoms with Crippen LogP contribution < -0.4 is 4.74 Å². The van der Waals surface area contributed by atoms with Crippen LogP contribution in [0.4, 0.5) is 0 Å². The van der Waals surface area contributed by atoms with Gasteiger partial charge in [0.1, 0.15) is 5.75 Å². The Hall–Kier alpha value is -2.11. The van der Waals surface area contributed by atoms with Gasteiger partial charge in [0.25, 0.3) is 0 Å². The molecule has 140 valence electrons. The highest BCUT2D eigenvalue weighted by molar-refractivity contribution is 7.10. The zero-order valence-corrected chi connectivity index (χ0v) is 17.2. The summed E-state index contributed by atoms with van der Waals surface area (Å²) in [5, 5.41) is 4.23. The average Bonchev–Trinajstić information content (AvgIpc) is 3.35. The van der Waals surface area contributed by atoms with Crippen LogP contribution in [0.1, 0.15) is 38.9 Å². The van der Waals surface area contributed by atoms with Gasteiger partial charge >= 0.3 is 0 Å². The summed E-state index contributed by atoms with van der Waals surface area (Å²) in [6, 6.07) is 12.5. The number of thiophene rings is 2. The van der Waals surface area contributed by atoms with Crippen molar-refractivity contribution in [2.45, 2.75) is 32.7 Å². The molecule has 1 aliphatic heterocycles. The van der Waals surface area contributed by atoms with Crippen molar-refractivity contribution in [1.29, 1.82) is 0 Å². The van der Waals surface area contributed by atoms with Crippen LogP contribution in [0.3, 0.4) is 0 Å². The number of fused-ring (bicyclic) bond motifs is 1. The Bertz CT molecular complexity index is 930. The van der Waals surface area contributed by atoms with E-state index in [1.54, 1.807) is 22.7 Å². The number of ether oxygens (including phenoxy) is 1. The van der Waals surface area contributed by atoms with E-state index < -0.39 is 0 Å². The zero-order chi connectivity index (χ0) is 18.8. The minimum Gasteiger partial charge on any atom is -0.493 e. The molecule has 1 unspecified atom stereocenters. The first-order chi connectivity index (χ1) is 13.1. The summed E-state index contributed by atoms with van der Waals surface area (Å²) in [5.41, 5.74) is 3.64. The van der Waals surface area contributed by atoms with Crippen LogP contribution in [0, 0.1) is 13.8 Å². The maximum absolute atomic E-state index is 13.0. The first-order valence-corrected chi connectivity index (χ1v) is 11.0. The minimum absolute atomic E-state index is 0.0493. The molecule has 2 aromatic heterocycles. The number of hydrogen-bond acceptors (Lipinski definition) is 4. The molecule has 3 heterocycles. The summed E-state index contributed by atoms with van der Waals surface area (Å²) in [7, 11) is 0. The van der Waals surface area contributed by atoms with Crippen molar-refractivity contribution in [3.63, 3.8) is 0 Å². The molecule has 1 amide bonds. The van der Waals surface area contributed by atoms with E-state index in [0.717, 1.165) is 24.3 Å². The molecular formula is C22H23NO2S2. The van der Waals surface area contributed by atoms with Crippen LogP contribution in [-0.2, 0) is 11.2 Å². The minimum atomic E-state index is 0.0493. The topological polar surface area (TPSA) is 29.5 Å². The average molecular weight is 398 g/mol. The Balaban J connectivity index is 1.47. The first-order valence-electron chi connectivity index (χ1n) is 9.23. The highest BCUT2D eigenvalue weighted by Crippen LogP contribution is 2.39. The quantitative estimate of drug-likeness (QED) is 0.579. The summed E-state index contributed by atoms with van der Waals surface area (Å²) in [6.45, 7) is 5.32. The third-order valence-electron chi connectivity index (χ3n) is 5.23. The molecule has 0 saturated carbocycles. The van der Waals surface area contributed by atoms with Crippen molar-refractivity contribution in [3.05, 3.63) is 73.6 Å². The maximum Gasteiger partial charge on any atom is 0.226 e. The summed E-state index contributed by atoms with van der Waals surface area (Å²) < 4.78 is 5.92. The van der Waals surface area contributed by atoms with E-state index >= 15 is 0 Å². The molecule has 0 fully saturated rings. The van der Waals surface area contributed by atoms with Crippen LogP contribution in [0.2, 0.25) is 0 Å². The van der Waals surface area contributed by atoms with Gasteiger partial charge in [-0.25, -0.2) is 0 Å². The molecule has 1 aromatic carbocycles. The molecular weight excluding hydrogens is 374 g/mol. The Morgan fingerprint density at radius 2 is 2.04 bits per heavy atom. The van der Waals surface area contributed by atoms with Crippen molar-refractivity contribution in [3.8, 4) is 5.75 Å². The summed E-state index contributed by atoms with van der Waals surface area (Å²) in [6.07, 6.45) is 1.34. The summed E-state index contributed by atoms with van der Waals surface area (Å²) >= 11 is 3.52. The number of aryl methyl sites for hydroxylation is 1.